The van der Waals surface area contributed by atoms with Gasteiger partial charge < -0.3 is 4.98 Å². The standard InChI is InChI=1S/C8H5Cl2IN2/c9-3-7-12-6-2-4(11)1-5(10)8(6)13-7/h1-2H,3H2,(H,12,13). The summed E-state index contributed by atoms with van der Waals surface area (Å²) in [5.41, 5.74) is 1.73. The fourth-order valence-corrected chi connectivity index (χ4v) is 2.35. The molecule has 0 aliphatic heterocycles. The lowest BCUT2D eigenvalue weighted by molar-refractivity contribution is 1.13. The number of nitrogens with one attached hydrogen (secondary N) is 1. The molecule has 2 aromatic rings. The van der Waals surface area contributed by atoms with E-state index in [2.05, 4.69) is 32.6 Å². The molecule has 1 heterocycles. The Balaban J connectivity index is 2.75. The van der Waals surface area contributed by atoms with Crippen LogP contribution in [0, 0.1) is 3.57 Å². The highest BCUT2D eigenvalue weighted by molar-refractivity contribution is 14.1. The van der Waals surface area contributed by atoms with Crippen LogP contribution in [0.2, 0.25) is 5.02 Å². The van der Waals surface area contributed by atoms with Crippen molar-refractivity contribution in [3.63, 3.8) is 0 Å². The molecule has 0 bridgehead atoms. The number of imidazole rings is 1. The quantitative estimate of drug-likeness (QED) is 0.630. The van der Waals surface area contributed by atoms with Crippen LogP contribution in [0.4, 0.5) is 0 Å². The SMILES string of the molecule is ClCc1nc2c(Cl)cc(I)cc2[nH]1. The van der Waals surface area contributed by atoms with Crippen LogP contribution < -0.4 is 0 Å². The maximum absolute atomic E-state index is 6.00. The van der Waals surface area contributed by atoms with E-state index >= 15 is 0 Å². The van der Waals surface area contributed by atoms with Gasteiger partial charge in [0.05, 0.1) is 16.4 Å². The Labute approximate surface area is 98.8 Å². The number of nitrogens with zero attached hydrogens (tertiary/aromatic N) is 1. The third-order valence-corrected chi connectivity index (χ3v) is 2.84. The minimum absolute atomic E-state index is 0.377. The predicted molar refractivity (Wildman–Crippen MR) is 63.4 cm³/mol. The lowest BCUT2D eigenvalue weighted by atomic mass is 10.3. The first-order chi connectivity index (χ1) is 6.20. The molecule has 0 saturated carbocycles. The Kier molecular flexibility index (Phi) is 2.67. The molecule has 5 heteroatoms. The number of rotatable bonds is 1. The van der Waals surface area contributed by atoms with E-state index in [9.17, 15) is 0 Å². The highest BCUT2D eigenvalue weighted by atomic mass is 127. The monoisotopic (exact) mass is 326 g/mol. The van der Waals surface area contributed by atoms with E-state index in [1.165, 1.54) is 0 Å². The molecule has 0 atom stereocenters. The highest BCUT2D eigenvalue weighted by Gasteiger charge is 2.06. The van der Waals surface area contributed by atoms with Gasteiger partial charge in [-0.3, -0.25) is 0 Å². The van der Waals surface area contributed by atoms with Crippen LogP contribution in [0.25, 0.3) is 11.0 Å². The first-order valence-electron chi connectivity index (χ1n) is 3.60. The van der Waals surface area contributed by atoms with Gasteiger partial charge in [-0.05, 0) is 34.7 Å². The molecule has 1 aromatic heterocycles. The van der Waals surface area contributed by atoms with E-state index in [0.29, 0.717) is 10.9 Å². The molecule has 1 aromatic carbocycles. The molecule has 0 spiro atoms. The molecule has 2 nitrogen and oxygen atoms in total. The second-order valence-electron chi connectivity index (χ2n) is 2.60. The van der Waals surface area contributed by atoms with E-state index in [1.54, 1.807) is 0 Å². The van der Waals surface area contributed by atoms with Crippen molar-refractivity contribution in [1.29, 1.82) is 0 Å². The van der Waals surface area contributed by atoms with Crippen LogP contribution in [0.15, 0.2) is 12.1 Å². The van der Waals surface area contributed by atoms with Crippen molar-refractivity contribution in [2.24, 2.45) is 0 Å². The molecule has 0 saturated heterocycles. The van der Waals surface area contributed by atoms with Gasteiger partial charge in [0.25, 0.3) is 0 Å². The maximum atomic E-state index is 6.00. The van der Waals surface area contributed by atoms with Crippen LogP contribution in [-0.2, 0) is 5.88 Å². The number of hydrogen-bond donors (Lipinski definition) is 1. The Morgan fingerprint density at radius 3 is 2.92 bits per heavy atom. The molecule has 0 unspecified atom stereocenters. The van der Waals surface area contributed by atoms with Crippen molar-refractivity contribution in [3.8, 4) is 0 Å². The van der Waals surface area contributed by atoms with Crippen LogP contribution in [0.1, 0.15) is 5.82 Å². The van der Waals surface area contributed by atoms with Crippen molar-refractivity contribution < 1.29 is 0 Å². The van der Waals surface area contributed by atoms with Gasteiger partial charge in [-0.15, -0.1) is 11.6 Å². The number of aromatic amines is 1. The van der Waals surface area contributed by atoms with Crippen molar-refractivity contribution in [3.05, 3.63) is 26.5 Å². The lowest BCUT2D eigenvalue weighted by Gasteiger charge is -1.92. The minimum Gasteiger partial charge on any atom is -0.341 e. The summed E-state index contributed by atoms with van der Waals surface area (Å²) >= 11 is 13.9. The second-order valence-corrected chi connectivity index (χ2v) is 4.52. The molecule has 0 aliphatic carbocycles. The summed E-state index contributed by atoms with van der Waals surface area (Å²) in [5, 5.41) is 0.662. The third-order valence-electron chi connectivity index (χ3n) is 1.68. The molecule has 0 aliphatic rings. The number of hydrogen-bond acceptors (Lipinski definition) is 1. The Morgan fingerprint density at radius 2 is 2.23 bits per heavy atom. The lowest BCUT2D eigenvalue weighted by Crippen LogP contribution is -1.77. The Bertz CT molecular complexity index is 453. The van der Waals surface area contributed by atoms with Gasteiger partial charge in [0.1, 0.15) is 11.3 Å². The zero-order valence-corrected chi connectivity index (χ0v) is 10.1. The van der Waals surface area contributed by atoms with Crippen molar-refractivity contribution in [2.75, 3.05) is 0 Å². The first kappa shape index (κ1) is 9.55. The van der Waals surface area contributed by atoms with E-state index in [-0.39, 0.29) is 0 Å². The average Bonchev–Trinajstić information content (AvgIpc) is 2.47. The van der Waals surface area contributed by atoms with Gasteiger partial charge in [0.2, 0.25) is 0 Å². The van der Waals surface area contributed by atoms with Gasteiger partial charge in [0.15, 0.2) is 0 Å². The van der Waals surface area contributed by atoms with E-state index in [1.807, 2.05) is 12.1 Å². The Hall–Kier alpha value is -0.000000000000000111. The fourth-order valence-electron chi connectivity index (χ4n) is 1.16. The minimum atomic E-state index is 0.377. The zero-order valence-electron chi connectivity index (χ0n) is 6.44. The molecular formula is C8H5Cl2IN2. The van der Waals surface area contributed by atoms with Gasteiger partial charge >= 0.3 is 0 Å². The fraction of sp³-hybridized carbons (Fsp3) is 0.125. The van der Waals surface area contributed by atoms with Crippen molar-refractivity contribution >= 4 is 56.8 Å². The highest BCUT2D eigenvalue weighted by Crippen LogP contribution is 2.24. The molecule has 13 heavy (non-hydrogen) atoms. The normalized spacial score (nSPS) is 11.0. The van der Waals surface area contributed by atoms with E-state index in [4.69, 9.17) is 23.2 Å². The number of alkyl halides is 1. The average molecular weight is 327 g/mol. The molecule has 0 radical (unpaired) electrons. The van der Waals surface area contributed by atoms with Crippen molar-refractivity contribution in [1.82, 2.24) is 9.97 Å². The molecule has 1 N–H and O–H groups in total. The van der Waals surface area contributed by atoms with Crippen LogP contribution >= 0.6 is 45.8 Å². The Morgan fingerprint density at radius 1 is 1.46 bits per heavy atom. The molecular weight excluding hydrogens is 322 g/mol. The van der Waals surface area contributed by atoms with Gasteiger partial charge in [-0.2, -0.15) is 0 Å². The number of halogens is 3. The van der Waals surface area contributed by atoms with Crippen LogP contribution in [0.3, 0.4) is 0 Å². The smallest absolute Gasteiger partial charge is 0.122 e. The third kappa shape index (κ3) is 1.78. The molecule has 0 amide bonds. The van der Waals surface area contributed by atoms with Gasteiger partial charge in [-0.1, -0.05) is 11.6 Å². The molecule has 0 fully saturated rings. The summed E-state index contributed by atoms with van der Waals surface area (Å²) in [4.78, 5) is 7.34. The molecule has 2 rings (SSSR count). The zero-order chi connectivity index (χ0) is 9.42. The van der Waals surface area contributed by atoms with Gasteiger partial charge in [-0.25, -0.2) is 4.98 Å². The van der Waals surface area contributed by atoms with E-state index < -0.39 is 0 Å². The summed E-state index contributed by atoms with van der Waals surface area (Å²) in [6.07, 6.45) is 0. The second kappa shape index (κ2) is 3.63. The van der Waals surface area contributed by atoms with Crippen molar-refractivity contribution in [2.45, 2.75) is 5.88 Å². The van der Waals surface area contributed by atoms with Crippen LogP contribution in [-0.4, -0.2) is 9.97 Å². The summed E-state index contributed by atoms with van der Waals surface area (Å²) < 4.78 is 1.08. The number of aromatic nitrogens is 2. The summed E-state index contributed by atoms with van der Waals surface area (Å²) in [6.45, 7) is 0. The number of benzene rings is 1. The van der Waals surface area contributed by atoms with E-state index in [0.717, 1.165) is 20.4 Å². The summed E-state index contributed by atoms with van der Waals surface area (Å²) in [6, 6.07) is 3.87. The largest absolute Gasteiger partial charge is 0.341 e. The summed E-state index contributed by atoms with van der Waals surface area (Å²) in [7, 11) is 0. The number of fused-ring (bicyclic) bond motifs is 1. The predicted octanol–water partition coefficient (Wildman–Crippen LogP) is 3.56. The molecule has 68 valence electrons. The first-order valence-corrected chi connectivity index (χ1v) is 5.59. The van der Waals surface area contributed by atoms with Gasteiger partial charge in [0, 0.05) is 3.57 Å². The van der Waals surface area contributed by atoms with Crippen LogP contribution in [0.5, 0.6) is 0 Å². The number of H-pyrrole nitrogens is 1. The topological polar surface area (TPSA) is 28.7 Å². The maximum Gasteiger partial charge on any atom is 0.122 e. The summed E-state index contributed by atoms with van der Waals surface area (Å²) in [5.74, 6) is 1.13.